The lowest BCUT2D eigenvalue weighted by molar-refractivity contribution is -0.149. The molecule has 0 atom stereocenters. The maximum Gasteiger partial charge on any atom is 0.309 e. The van der Waals surface area contributed by atoms with E-state index in [9.17, 15) is 14.4 Å². The Balaban J connectivity index is 4.04. The lowest BCUT2D eigenvalue weighted by Gasteiger charge is -2.18. The average molecular weight is 244 g/mol. The monoisotopic (exact) mass is 244 g/mol. The molecule has 0 aliphatic carbocycles. The van der Waals surface area contributed by atoms with Crippen LogP contribution in [0.5, 0.6) is 0 Å². The topological polar surface area (TPSA) is 95.5 Å². The number of carbonyl (C=O) groups is 3. The van der Waals surface area contributed by atoms with Crippen molar-refractivity contribution in [3.05, 3.63) is 0 Å². The van der Waals surface area contributed by atoms with Crippen molar-refractivity contribution in [2.45, 2.75) is 40.2 Å². The van der Waals surface area contributed by atoms with Crippen molar-refractivity contribution in [2.24, 2.45) is 5.41 Å². The quantitative estimate of drug-likeness (QED) is 0.618. The summed E-state index contributed by atoms with van der Waals surface area (Å²) in [6.45, 7) is 6.42. The molecule has 0 bridgehead atoms. The normalized spacial score (nSPS) is 11.1. The molecule has 2 amide bonds. The van der Waals surface area contributed by atoms with Gasteiger partial charge in [0.05, 0.1) is 12.0 Å². The van der Waals surface area contributed by atoms with Crippen molar-refractivity contribution >= 4 is 17.8 Å². The summed E-state index contributed by atoms with van der Waals surface area (Å²) in [6.07, 6.45) is -0.155. The van der Waals surface area contributed by atoms with Crippen molar-refractivity contribution in [3.63, 3.8) is 0 Å². The Morgan fingerprint density at radius 3 is 2.12 bits per heavy atom. The summed E-state index contributed by atoms with van der Waals surface area (Å²) in [4.78, 5) is 33.4. The first-order valence-corrected chi connectivity index (χ1v) is 5.44. The summed E-state index contributed by atoms with van der Waals surface area (Å²) in [6, 6.07) is 0.00913. The van der Waals surface area contributed by atoms with Gasteiger partial charge in [0.25, 0.3) is 0 Å². The number of aliphatic carboxylic acids is 1. The van der Waals surface area contributed by atoms with Gasteiger partial charge in [-0.2, -0.15) is 0 Å². The number of carboxylic acid groups (broad SMARTS) is 1. The maximum atomic E-state index is 11.4. The molecular weight excluding hydrogens is 224 g/mol. The summed E-state index contributed by atoms with van der Waals surface area (Å²) < 4.78 is 0. The lowest BCUT2D eigenvalue weighted by Crippen LogP contribution is -2.41. The van der Waals surface area contributed by atoms with E-state index in [2.05, 4.69) is 10.6 Å². The summed E-state index contributed by atoms with van der Waals surface area (Å²) in [5.41, 5.74) is -1.13. The van der Waals surface area contributed by atoms with Gasteiger partial charge in [0.15, 0.2) is 0 Å². The van der Waals surface area contributed by atoms with Crippen molar-refractivity contribution in [3.8, 4) is 0 Å². The van der Waals surface area contributed by atoms with E-state index in [1.807, 2.05) is 13.8 Å². The molecule has 0 aliphatic rings. The molecule has 0 radical (unpaired) electrons. The molecule has 0 heterocycles. The second-order valence-electron chi connectivity index (χ2n) is 4.86. The standard InChI is InChI=1S/C11H20N2O4/c1-7(2)13-9(15)6-12-8(14)5-11(3,4)10(16)17/h7H,5-6H2,1-4H3,(H,12,14)(H,13,15)(H,16,17). The molecule has 17 heavy (non-hydrogen) atoms. The molecule has 0 unspecified atom stereocenters. The number of hydrogen-bond acceptors (Lipinski definition) is 3. The zero-order valence-corrected chi connectivity index (χ0v) is 10.7. The van der Waals surface area contributed by atoms with Crippen LogP contribution in [0.25, 0.3) is 0 Å². The van der Waals surface area contributed by atoms with Crippen molar-refractivity contribution in [1.29, 1.82) is 0 Å². The molecule has 0 aromatic rings. The molecule has 0 saturated carbocycles. The summed E-state index contributed by atoms with van der Waals surface area (Å²) in [5.74, 6) is -1.78. The van der Waals surface area contributed by atoms with Crippen LogP contribution in [0.3, 0.4) is 0 Å². The van der Waals surface area contributed by atoms with E-state index in [0.717, 1.165) is 0 Å². The number of carbonyl (C=O) groups excluding carboxylic acids is 2. The van der Waals surface area contributed by atoms with Crippen LogP contribution in [0.15, 0.2) is 0 Å². The first kappa shape index (κ1) is 15.4. The fourth-order valence-electron chi connectivity index (χ4n) is 1.09. The third-order valence-electron chi connectivity index (χ3n) is 2.08. The zero-order valence-electron chi connectivity index (χ0n) is 10.7. The Kier molecular flexibility index (Phi) is 5.64. The average Bonchev–Trinajstić information content (AvgIpc) is 2.12. The highest BCUT2D eigenvalue weighted by molar-refractivity contribution is 5.87. The minimum absolute atomic E-state index is 0.00913. The third-order valence-corrected chi connectivity index (χ3v) is 2.08. The van der Waals surface area contributed by atoms with E-state index in [0.29, 0.717) is 0 Å². The highest BCUT2D eigenvalue weighted by Gasteiger charge is 2.30. The predicted molar refractivity (Wildman–Crippen MR) is 62.3 cm³/mol. The van der Waals surface area contributed by atoms with E-state index >= 15 is 0 Å². The molecule has 0 spiro atoms. The van der Waals surface area contributed by atoms with Gasteiger partial charge in [0.2, 0.25) is 11.8 Å². The summed E-state index contributed by atoms with van der Waals surface area (Å²) in [7, 11) is 0. The van der Waals surface area contributed by atoms with E-state index in [4.69, 9.17) is 5.11 Å². The Hall–Kier alpha value is -1.59. The second-order valence-corrected chi connectivity index (χ2v) is 4.86. The van der Waals surface area contributed by atoms with Gasteiger partial charge in [-0.25, -0.2) is 0 Å². The van der Waals surface area contributed by atoms with Gasteiger partial charge in [-0.3, -0.25) is 14.4 Å². The molecule has 6 heteroatoms. The van der Waals surface area contributed by atoms with Gasteiger partial charge in [-0.1, -0.05) is 0 Å². The van der Waals surface area contributed by atoms with Crippen LogP contribution >= 0.6 is 0 Å². The van der Waals surface area contributed by atoms with Crippen molar-refractivity contribution in [1.82, 2.24) is 10.6 Å². The van der Waals surface area contributed by atoms with Gasteiger partial charge in [-0.15, -0.1) is 0 Å². The van der Waals surface area contributed by atoms with E-state index in [1.54, 1.807) is 0 Å². The van der Waals surface area contributed by atoms with Gasteiger partial charge < -0.3 is 15.7 Å². The summed E-state index contributed by atoms with van der Waals surface area (Å²) in [5, 5.41) is 13.8. The fraction of sp³-hybridized carbons (Fsp3) is 0.727. The van der Waals surface area contributed by atoms with Gasteiger partial charge in [0.1, 0.15) is 0 Å². The minimum atomic E-state index is -1.13. The molecule has 0 aromatic carbocycles. The molecular formula is C11H20N2O4. The fourth-order valence-corrected chi connectivity index (χ4v) is 1.09. The van der Waals surface area contributed by atoms with Gasteiger partial charge in [0, 0.05) is 12.5 Å². The molecule has 0 fully saturated rings. The van der Waals surface area contributed by atoms with Crippen LogP contribution in [0, 0.1) is 5.41 Å². The number of amides is 2. The number of hydrogen-bond donors (Lipinski definition) is 3. The molecule has 0 aliphatic heterocycles. The Morgan fingerprint density at radius 2 is 1.71 bits per heavy atom. The molecule has 0 aromatic heterocycles. The minimum Gasteiger partial charge on any atom is -0.481 e. The molecule has 98 valence electrons. The van der Waals surface area contributed by atoms with Crippen LogP contribution in [-0.2, 0) is 14.4 Å². The largest absolute Gasteiger partial charge is 0.481 e. The molecule has 6 nitrogen and oxygen atoms in total. The second kappa shape index (κ2) is 6.22. The lowest BCUT2D eigenvalue weighted by atomic mass is 9.89. The first-order valence-electron chi connectivity index (χ1n) is 5.44. The Bertz CT molecular complexity index is 311. The third kappa shape index (κ3) is 6.55. The zero-order chi connectivity index (χ0) is 13.6. The van der Waals surface area contributed by atoms with Gasteiger partial charge >= 0.3 is 5.97 Å². The van der Waals surface area contributed by atoms with E-state index < -0.39 is 17.3 Å². The van der Waals surface area contributed by atoms with Crippen molar-refractivity contribution < 1.29 is 19.5 Å². The van der Waals surface area contributed by atoms with Crippen LogP contribution in [0.1, 0.15) is 34.1 Å². The first-order chi connectivity index (χ1) is 7.65. The van der Waals surface area contributed by atoms with Gasteiger partial charge in [-0.05, 0) is 27.7 Å². The van der Waals surface area contributed by atoms with E-state index in [1.165, 1.54) is 13.8 Å². The predicted octanol–water partition coefficient (Wildman–Crippen LogP) is 0.128. The van der Waals surface area contributed by atoms with Crippen LogP contribution in [0.2, 0.25) is 0 Å². The van der Waals surface area contributed by atoms with Crippen LogP contribution in [-0.4, -0.2) is 35.5 Å². The maximum absolute atomic E-state index is 11.4. The summed E-state index contributed by atoms with van der Waals surface area (Å²) >= 11 is 0. The van der Waals surface area contributed by atoms with Crippen molar-refractivity contribution in [2.75, 3.05) is 6.54 Å². The highest BCUT2D eigenvalue weighted by atomic mass is 16.4. The van der Waals surface area contributed by atoms with E-state index in [-0.39, 0.29) is 24.9 Å². The SMILES string of the molecule is CC(C)NC(=O)CNC(=O)CC(C)(C)C(=O)O. The molecule has 3 N–H and O–H groups in total. The number of rotatable bonds is 6. The number of carboxylic acids is 1. The smallest absolute Gasteiger partial charge is 0.309 e. The van der Waals surface area contributed by atoms with Crippen LogP contribution < -0.4 is 10.6 Å². The molecule has 0 rings (SSSR count). The Morgan fingerprint density at radius 1 is 1.18 bits per heavy atom. The Labute approximate surface area is 101 Å². The highest BCUT2D eigenvalue weighted by Crippen LogP contribution is 2.19. The molecule has 0 saturated heterocycles. The van der Waals surface area contributed by atoms with Crippen LogP contribution in [0.4, 0.5) is 0 Å². The number of nitrogens with one attached hydrogen (secondary N) is 2.